The Labute approximate surface area is 126 Å². The van der Waals surface area contributed by atoms with Crippen molar-refractivity contribution < 1.29 is 4.74 Å². The fraction of sp³-hybridized carbons (Fsp3) is 0.647. The molecule has 3 heteroatoms. The van der Waals surface area contributed by atoms with Gasteiger partial charge in [0.2, 0.25) is 0 Å². The summed E-state index contributed by atoms with van der Waals surface area (Å²) in [4.78, 5) is 0. The molecule has 0 amide bonds. The first-order valence-corrected chi connectivity index (χ1v) is 8.96. The molecule has 3 atom stereocenters. The molecular formula is C17H25NOS. The van der Waals surface area contributed by atoms with E-state index in [4.69, 9.17) is 4.74 Å². The van der Waals surface area contributed by atoms with Crippen LogP contribution in [0.5, 0.6) is 0 Å². The van der Waals surface area contributed by atoms with Gasteiger partial charge < -0.3 is 10.1 Å². The molecule has 0 saturated heterocycles. The van der Waals surface area contributed by atoms with Crippen LogP contribution in [0.2, 0.25) is 0 Å². The number of ether oxygens (including phenoxy) is 1. The lowest BCUT2D eigenvalue weighted by Gasteiger charge is -2.27. The normalized spacial score (nSPS) is 29.4. The number of rotatable bonds is 5. The monoisotopic (exact) mass is 291 g/mol. The molecule has 1 fully saturated rings. The Balaban J connectivity index is 1.52. The van der Waals surface area contributed by atoms with Crippen LogP contribution >= 0.6 is 11.8 Å². The zero-order valence-corrected chi connectivity index (χ0v) is 13.1. The van der Waals surface area contributed by atoms with Crippen LogP contribution in [0, 0.1) is 0 Å². The van der Waals surface area contributed by atoms with Gasteiger partial charge >= 0.3 is 0 Å². The number of fused-ring (bicyclic) bond motifs is 1. The van der Waals surface area contributed by atoms with Crippen LogP contribution in [-0.4, -0.2) is 30.2 Å². The van der Waals surface area contributed by atoms with Crippen LogP contribution in [0.1, 0.15) is 43.4 Å². The first kappa shape index (κ1) is 14.4. The van der Waals surface area contributed by atoms with E-state index in [1.165, 1.54) is 36.1 Å². The van der Waals surface area contributed by atoms with Crippen LogP contribution in [0.4, 0.5) is 0 Å². The summed E-state index contributed by atoms with van der Waals surface area (Å²) in [6.07, 6.45) is 5.33. The van der Waals surface area contributed by atoms with Gasteiger partial charge in [0.05, 0.1) is 12.7 Å². The number of hydrogen-bond acceptors (Lipinski definition) is 3. The maximum Gasteiger partial charge on any atom is 0.0952 e. The van der Waals surface area contributed by atoms with E-state index in [9.17, 15) is 0 Å². The first-order valence-electron chi connectivity index (χ1n) is 7.91. The lowest BCUT2D eigenvalue weighted by Crippen LogP contribution is -2.33. The predicted molar refractivity (Wildman–Crippen MR) is 86.4 cm³/mol. The molecular weight excluding hydrogens is 266 g/mol. The number of benzene rings is 1. The summed E-state index contributed by atoms with van der Waals surface area (Å²) < 4.78 is 5.97. The Morgan fingerprint density at radius 2 is 2.20 bits per heavy atom. The Kier molecular flexibility index (Phi) is 5.03. The molecule has 2 nitrogen and oxygen atoms in total. The standard InChI is InChI=1S/C17H25NOS/c1-2-20-15-8-7-14(11-15)18-12-17-16-6-4-3-5-13(16)9-10-19-17/h3-6,14-15,17-18H,2,7-12H2,1H3. The molecule has 1 aliphatic carbocycles. The van der Waals surface area contributed by atoms with Crippen molar-refractivity contribution in [3.8, 4) is 0 Å². The molecule has 1 aromatic carbocycles. The summed E-state index contributed by atoms with van der Waals surface area (Å²) in [6, 6.07) is 9.43. The molecule has 2 aliphatic rings. The predicted octanol–water partition coefficient (Wildman–Crippen LogP) is 3.56. The summed E-state index contributed by atoms with van der Waals surface area (Å²) in [7, 11) is 0. The number of hydrogen-bond donors (Lipinski definition) is 1. The van der Waals surface area contributed by atoms with Crippen LogP contribution in [0.3, 0.4) is 0 Å². The smallest absolute Gasteiger partial charge is 0.0952 e. The van der Waals surface area contributed by atoms with Crippen LogP contribution < -0.4 is 5.32 Å². The fourth-order valence-corrected chi connectivity index (χ4v) is 4.57. The molecule has 1 aliphatic heterocycles. The van der Waals surface area contributed by atoms with Gasteiger partial charge in [0, 0.05) is 17.8 Å². The van der Waals surface area contributed by atoms with Crippen LogP contribution in [0.15, 0.2) is 24.3 Å². The second kappa shape index (κ2) is 6.97. The van der Waals surface area contributed by atoms with Crippen molar-refractivity contribution in [2.24, 2.45) is 0 Å². The Morgan fingerprint density at radius 1 is 1.30 bits per heavy atom. The molecule has 1 heterocycles. The third-order valence-electron chi connectivity index (χ3n) is 4.47. The maximum atomic E-state index is 5.97. The molecule has 1 N–H and O–H groups in total. The van der Waals surface area contributed by atoms with Crippen molar-refractivity contribution in [3.05, 3.63) is 35.4 Å². The maximum absolute atomic E-state index is 5.97. The lowest BCUT2D eigenvalue weighted by atomic mass is 9.97. The average Bonchev–Trinajstić information content (AvgIpc) is 2.93. The second-order valence-electron chi connectivity index (χ2n) is 5.80. The van der Waals surface area contributed by atoms with Crippen molar-refractivity contribution in [1.82, 2.24) is 5.32 Å². The van der Waals surface area contributed by atoms with Crippen LogP contribution in [0.25, 0.3) is 0 Å². The van der Waals surface area contributed by atoms with E-state index in [1.807, 2.05) is 0 Å². The second-order valence-corrected chi connectivity index (χ2v) is 7.38. The van der Waals surface area contributed by atoms with E-state index in [0.29, 0.717) is 6.04 Å². The highest BCUT2D eigenvalue weighted by molar-refractivity contribution is 7.99. The van der Waals surface area contributed by atoms with Gasteiger partial charge in [0.1, 0.15) is 0 Å². The van der Waals surface area contributed by atoms with Gasteiger partial charge in [-0.25, -0.2) is 0 Å². The van der Waals surface area contributed by atoms with Crippen molar-refractivity contribution in [3.63, 3.8) is 0 Å². The molecule has 0 aromatic heterocycles. The third kappa shape index (κ3) is 3.38. The fourth-order valence-electron chi connectivity index (χ4n) is 3.43. The Morgan fingerprint density at radius 3 is 3.10 bits per heavy atom. The van der Waals surface area contributed by atoms with E-state index in [0.717, 1.165) is 24.8 Å². The highest BCUT2D eigenvalue weighted by Crippen LogP contribution is 2.31. The summed E-state index contributed by atoms with van der Waals surface area (Å²) in [5, 5.41) is 4.61. The molecule has 0 radical (unpaired) electrons. The molecule has 1 saturated carbocycles. The van der Waals surface area contributed by atoms with E-state index in [1.54, 1.807) is 0 Å². The van der Waals surface area contributed by atoms with E-state index in [-0.39, 0.29) is 6.10 Å². The molecule has 110 valence electrons. The van der Waals surface area contributed by atoms with E-state index >= 15 is 0 Å². The van der Waals surface area contributed by atoms with Crippen molar-refractivity contribution in [2.45, 2.75) is 50.0 Å². The molecule has 20 heavy (non-hydrogen) atoms. The summed E-state index contributed by atoms with van der Waals surface area (Å²) in [5.74, 6) is 1.25. The topological polar surface area (TPSA) is 21.3 Å². The molecule has 3 unspecified atom stereocenters. The molecule has 1 aromatic rings. The van der Waals surface area contributed by atoms with Crippen LogP contribution in [-0.2, 0) is 11.2 Å². The first-order chi connectivity index (χ1) is 9.86. The minimum atomic E-state index is 0.248. The highest BCUT2D eigenvalue weighted by Gasteiger charge is 2.26. The molecule has 3 rings (SSSR count). The molecule has 0 bridgehead atoms. The lowest BCUT2D eigenvalue weighted by molar-refractivity contribution is 0.0408. The number of nitrogens with one attached hydrogen (secondary N) is 1. The highest BCUT2D eigenvalue weighted by atomic mass is 32.2. The van der Waals surface area contributed by atoms with Gasteiger partial charge in [0.15, 0.2) is 0 Å². The summed E-state index contributed by atoms with van der Waals surface area (Å²) in [6.45, 7) is 4.09. The SMILES string of the molecule is CCSC1CCC(NCC2OCCc3ccccc32)C1. The zero-order chi connectivity index (χ0) is 13.8. The minimum Gasteiger partial charge on any atom is -0.372 e. The van der Waals surface area contributed by atoms with Gasteiger partial charge in [-0.3, -0.25) is 0 Å². The van der Waals surface area contributed by atoms with Gasteiger partial charge in [0.25, 0.3) is 0 Å². The third-order valence-corrected chi connectivity index (χ3v) is 5.70. The average molecular weight is 291 g/mol. The molecule has 0 spiro atoms. The number of thioether (sulfide) groups is 1. The van der Waals surface area contributed by atoms with Gasteiger partial charge in [-0.15, -0.1) is 0 Å². The van der Waals surface area contributed by atoms with E-state index < -0.39 is 0 Å². The van der Waals surface area contributed by atoms with Gasteiger partial charge in [-0.1, -0.05) is 31.2 Å². The van der Waals surface area contributed by atoms with Crippen molar-refractivity contribution >= 4 is 11.8 Å². The summed E-state index contributed by atoms with van der Waals surface area (Å²) >= 11 is 2.12. The largest absolute Gasteiger partial charge is 0.372 e. The van der Waals surface area contributed by atoms with Gasteiger partial charge in [-0.2, -0.15) is 11.8 Å². The van der Waals surface area contributed by atoms with Crippen molar-refractivity contribution in [1.29, 1.82) is 0 Å². The minimum absolute atomic E-state index is 0.248. The van der Waals surface area contributed by atoms with Gasteiger partial charge in [-0.05, 0) is 42.6 Å². The zero-order valence-electron chi connectivity index (χ0n) is 12.3. The van der Waals surface area contributed by atoms with E-state index in [2.05, 4.69) is 48.3 Å². The Hall–Kier alpha value is -0.510. The summed E-state index contributed by atoms with van der Waals surface area (Å²) in [5.41, 5.74) is 2.86. The quantitative estimate of drug-likeness (QED) is 0.896. The van der Waals surface area contributed by atoms with Crippen molar-refractivity contribution in [2.75, 3.05) is 18.9 Å². The Bertz CT molecular complexity index is 437.